The molecule has 0 radical (unpaired) electrons. The van der Waals surface area contributed by atoms with Gasteiger partial charge in [-0.1, -0.05) is 40.0 Å². The second kappa shape index (κ2) is 6.25. The van der Waals surface area contributed by atoms with Gasteiger partial charge in [0, 0.05) is 6.04 Å². The topological polar surface area (TPSA) is 41.1 Å². The molecule has 1 saturated carbocycles. The molecule has 19 heavy (non-hydrogen) atoms. The number of carbonyl (C=O) groups is 1. The van der Waals surface area contributed by atoms with E-state index in [1.165, 1.54) is 32.1 Å². The van der Waals surface area contributed by atoms with Crippen LogP contribution in [0.15, 0.2) is 0 Å². The third kappa shape index (κ3) is 3.95. The van der Waals surface area contributed by atoms with E-state index in [2.05, 4.69) is 31.4 Å². The zero-order valence-corrected chi connectivity index (χ0v) is 12.8. The Morgan fingerprint density at radius 2 is 1.74 bits per heavy atom. The second-order valence-electron chi connectivity index (χ2n) is 7.37. The van der Waals surface area contributed by atoms with Gasteiger partial charge >= 0.3 is 0 Å². The van der Waals surface area contributed by atoms with Crippen LogP contribution in [0, 0.1) is 11.3 Å². The molecule has 1 aliphatic carbocycles. The van der Waals surface area contributed by atoms with E-state index in [0.29, 0.717) is 17.4 Å². The first-order chi connectivity index (χ1) is 8.98. The van der Waals surface area contributed by atoms with E-state index in [9.17, 15) is 4.79 Å². The molecule has 2 aliphatic rings. The van der Waals surface area contributed by atoms with Crippen molar-refractivity contribution in [3.63, 3.8) is 0 Å². The molecular weight excluding hydrogens is 236 g/mol. The lowest BCUT2D eigenvalue weighted by Crippen LogP contribution is -2.53. The molecular formula is C16H30N2O. The molecule has 3 heteroatoms. The Balaban J connectivity index is 1.93. The van der Waals surface area contributed by atoms with Crippen molar-refractivity contribution in [1.29, 1.82) is 0 Å². The van der Waals surface area contributed by atoms with Gasteiger partial charge in [0.05, 0.1) is 6.04 Å². The molecule has 0 bridgehead atoms. The largest absolute Gasteiger partial charge is 0.352 e. The smallest absolute Gasteiger partial charge is 0.237 e. The summed E-state index contributed by atoms with van der Waals surface area (Å²) in [5.41, 5.74) is 0.290. The summed E-state index contributed by atoms with van der Waals surface area (Å²) in [6, 6.07) is 0.432. The van der Waals surface area contributed by atoms with Crippen LogP contribution >= 0.6 is 0 Å². The van der Waals surface area contributed by atoms with Gasteiger partial charge in [-0.15, -0.1) is 0 Å². The molecule has 3 atom stereocenters. The van der Waals surface area contributed by atoms with Crippen LogP contribution in [0.25, 0.3) is 0 Å². The van der Waals surface area contributed by atoms with Gasteiger partial charge in [-0.05, 0) is 43.6 Å². The van der Waals surface area contributed by atoms with Crippen LogP contribution in [0.4, 0.5) is 0 Å². The summed E-state index contributed by atoms with van der Waals surface area (Å²) in [6.07, 6.45) is 8.37. The van der Waals surface area contributed by atoms with Crippen molar-refractivity contribution in [2.75, 3.05) is 6.54 Å². The number of amides is 1. The van der Waals surface area contributed by atoms with Crippen molar-refractivity contribution < 1.29 is 4.79 Å². The van der Waals surface area contributed by atoms with Gasteiger partial charge in [0.15, 0.2) is 0 Å². The molecule has 2 N–H and O–H groups in total. The highest BCUT2D eigenvalue weighted by Gasteiger charge is 2.35. The van der Waals surface area contributed by atoms with Crippen LogP contribution in [0.5, 0.6) is 0 Å². The number of hydrogen-bond acceptors (Lipinski definition) is 2. The number of piperidine rings is 1. The van der Waals surface area contributed by atoms with Gasteiger partial charge < -0.3 is 10.6 Å². The van der Waals surface area contributed by atoms with Crippen LogP contribution in [0.3, 0.4) is 0 Å². The van der Waals surface area contributed by atoms with Gasteiger partial charge in [-0.2, -0.15) is 0 Å². The Hall–Kier alpha value is -0.570. The molecule has 110 valence electrons. The predicted octanol–water partition coefficient (Wildman–Crippen LogP) is 2.85. The molecule has 2 rings (SSSR count). The van der Waals surface area contributed by atoms with E-state index in [0.717, 1.165) is 19.4 Å². The molecule has 1 amide bonds. The minimum atomic E-state index is 0.0521. The maximum absolute atomic E-state index is 12.4. The molecule has 0 aromatic carbocycles. The fraction of sp³-hybridized carbons (Fsp3) is 0.938. The lowest BCUT2D eigenvalue weighted by Gasteiger charge is -2.41. The number of nitrogens with one attached hydrogen (secondary N) is 2. The van der Waals surface area contributed by atoms with Gasteiger partial charge in [0.1, 0.15) is 0 Å². The summed E-state index contributed by atoms with van der Waals surface area (Å²) in [4.78, 5) is 12.4. The molecule has 0 spiro atoms. The molecule has 1 aliphatic heterocycles. The van der Waals surface area contributed by atoms with Gasteiger partial charge in [-0.25, -0.2) is 0 Å². The van der Waals surface area contributed by atoms with E-state index in [4.69, 9.17) is 0 Å². The monoisotopic (exact) mass is 266 g/mol. The molecule has 0 aromatic rings. The molecule has 1 saturated heterocycles. The van der Waals surface area contributed by atoms with Crippen LogP contribution in [-0.4, -0.2) is 24.5 Å². The number of carbonyl (C=O) groups excluding carboxylic acids is 1. The standard InChI is InChI=1S/C16H30N2O/c1-16(2,3)12-8-4-5-9-13(12)18-15(19)14-10-6-7-11-17-14/h12-14,17H,4-11H2,1-3H3,(H,18,19)/t12?,13?,14-/m1/s1. The van der Waals surface area contributed by atoms with E-state index >= 15 is 0 Å². The Bertz CT molecular complexity index is 302. The predicted molar refractivity (Wildman–Crippen MR) is 79.0 cm³/mol. The average Bonchev–Trinajstić information content (AvgIpc) is 2.39. The van der Waals surface area contributed by atoms with Gasteiger partial charge in [-0.3, -0.25) is 4.79 Å². The van der Waals surface area contributed by atoms with Gasteiger partial charge in [0.25, 0.3) is 0 Å². The maximum Gasteiger partial charge on any atom is 0.237 e. The highest BCUT2D eigenvalue weighted by Crippen LogP contribution is 2.38. The fourth-order valence-electron chi connectivity index (χ4n) is 3.70. The Labute approximate surface area is 117 Å². The second-order valence-corrected chi connectivity index (χ2v) is 7.37. The Morgan fingerprint density at radius 1 is 1.05 bits per heavy atom. The van der Waals surface area contributed by atoms with E-state index in [1.807, 2.05) is 0 Å². The maximum atomic E-state index is 12.4. The quantitative estimate of drug-likeness (QED) is 0.807. The fourth-order valence-corrected chi connectivity index (χ4v) is 3.70. The Morgan fingerprint density at radius 3 is 2.37 bits per heavy atom. The number of rotatable bonds is 2. The molecule has 3 nitrogen and oxygen atoms in total. The molecule has 2 fully saturated rings. The van der Waals surface area contributed by atoms with E-state index in [-0.39, 0.29) is 11.9 Å². The minimum Gasteiger partial charge on any atom is -0.352 e. The first-order valence-corrected chi connectivity index (χ1v) is 8.02. The van der Waals surface area contributed by atoms with Gasteiger partial charge in [0.2, 0.25) is 5.91 Å². The summed E-state index contributed by atoms with van der Waals surface area (Å²) in [5.74, 6) is 0.856. The lowest BCUT2D eigenvalue weighted by molar-refractivity contribution is -0.125. The van der Waals surface area contributed by atoms with Crippen molar-refractivity contribution in [3.05, 3.63) is 0 Å². The van der Waals surface area contributed by atoms with Crippen LogP contribution in [0.1, 0.15) is 65.7 Å². The molecule has 1 heterocycles. The Kier molecular flexibility index (Phi) is 4.88. The summed E-state index contributed by atoms with van der Waals surface area (Å²) < 4.78 is 0. The third-order valence-electron chi connectivity index (χ3n) is 4.83. The summed E-state index contributed by atoms with van der Waals surface area (Å²) in [5, 5.41) is 6.69. The van der Waals surface area contributed by atoms with Crippen molar-refractivity contribution in [1.82, 2.24) is 10.6 Å². The molecule has 0 aromatic heterocycles. The molecule has 2 unspecified atom stereocenters. The average molecular weight is 266 g/mol. The third-order valence-corrected chi connectivity index (χ3v) is 4.83. The zero-order valence-electron chi connectivity index (χ0n) is 12.8. The SMILES string of the molecule is CC(C)(C)C1CCCCC1NC(=O)[C@H]1CCCCN1. The summed E-state index contributed by atoms with van der Waals surface area (Å²) in [7, 11) is 0. The van der Waals surface area contributed by atoms with Crippen LogP contribution in [0.2, 0.25) is 0 Å². The number of hydrogen-bond donors (Lipinski definition) is 2. The minimum absolute atomic E-state index is 0.0521. The zero-order chi connectivity index (χ0) is 13.9. The van der Waals surface area contributed by atoms with Crippen molar-refractivity contribution in [2.24, 2.45) is 11.3 Å². The van der Waals surface area contributed by atoms with Crippen LogP contribution < -0.4 is 10.6 Å². The van der Waals surface area contributed by atoms with Crippen molar-refractivity contribution >= 4 is 5.91 Å². The summed E-state index contributed by atoms with van der Waals surface area (Å²) >= 11 is 0. The van der Waals surface area contributed by atoms with Crippen LogP contribution in [-0.2, 0) is 4.79 Å². The lowest BCUT2D eigenvalue weighted by atomic mass is 9.69. The normalized spacial score (nSPS) is 32.9. The highest BCUT2D eigenvalue weighted by molar-refractivity contribution is 5.82. The van der Waals surface area contributed by atoms with Crippen molar-refractivity contribution in [3.8, 4) is 0 Å². The van der Waals surface area contributed by atoms with E-state index in [1.54, 1.807) is 0 Å². The first-order valence-electron chi connectivity index (χ1n) is 8.02. The first kappa shape index (κ1) is 14.8. The summed E-state index contributed by atoms with van der Waals surface area (Å²) in [6.45, 7) is 7.91. The van der Waals surface area contributed by atoms with Crippen molar-refractivity contribution in [2.45, 2.75) is 77.8 Å². The highest BCUT2D eigenvalue weighted by atomic mass is 16.2. The van der Waals surface area contributed by atoms with E-state index < -0.39 is 0 Å².